The van der Waals surface area contributed by atoms with Crippen molar-refractivity contribution in [2.75, 3.05) is 19.8 Å². The SMILES string of the molecule is CCCCCCCCCCCCCCCCOC1(CCCCCCCCCCCCC)OCC(=O)CO1. The second-order valence-electron chi connectivity index (χ2n) is 11.5. The molecule has 1 fully saturated rings. The minimum atomic E-state index is -0.982. The molecule has 37 heavy (non-hydrogen) atoms. The second-order valence-corrected chi connectivity index (χ2v) is 11.5. The number of unbranched alkanes of at least 4 members (excludes halogenated alkanes) is 23. The van der Waals surface area contributed by atoms with Crippen molar-refractivity contribution in [1.29, 1.82) is 0 Å². The van der Waals surface area contributed by atoms with E-state index >= 15 is 0 Å². The Morgan fingerprint density at radius 3 is 1.22 bits per heavy atom. The van der Waals surface area contributed by atoms with Crippen molar-refractivity contribution < 1.29 is 19.0 Å². The van der Waals surface area contributed by atoms with Gasteiger partial charge in [-0.3, -0.25) is 4.79 Å². The molecule has 0 aliphatic carbocycles. The Morgan fingerprint density at radius 2 is 0.838 bits per heavy atom. The molecular formula is C33H64O4. The van der Waals surface area contributed by atoms with Crippen LogP contribution in [0.4, 0.5) is 0 Å². The highest BCUT2D eigenvalue weighted by atomic mass is 16.9. The minimum absolute atomic E-state index is 0.00894. The van der Waals surface area contributed by atoms with Crippen LogP contribution in [0.15, 0.2) is 0 Å². The van der Waals surface area contributed by atoms with Gasteiger partial charge in [0.25, 0.3) is 5.97 Å². The van der Waals surface area contributed by atoms with Gasteiger partial charge in [-0.25, -0.2) is 0 Å². The molecule has 0 spiro atoms. The molecule has 4 nitrogen and oxygen atoms in total. The predicted octanol–water partition coefficient (Wildman–Crippen LogP) is 10.5. The Labute approximate surface area is 231 Å². The Kier molecular flexibility index (Phi) is 24.1. The highest BCUT2D eigenvalue weighted by molar-refractivity contribution is 5.81. The first-order chi connectivity index (χ1) is 18.2. The second kappa shape index (κ2) is 25.8. The fourth-order valence-corrected chi connectivity index (χ4v) is 5.29. The van der Waals surface area contributed by atoms with E-state index in [1.807, 2.05) is 0 Å². The molecule has 0 aromatic carbocycles. The first kappa shape index (κ1) is 34.6. The zero-order valence-electron chi connectivity index (χ0n) is 25.1. The largest absolute Gasteiger partial charge is 0.327 e. The third-order valence-corrected chi connectivity index (χ3v) is 7.81. The van der Waals surface area contributed by atoms with E-state index < -0.39 is 5.97 Å². The van der Waals surface area contributed by atoms with Crippen LogP contribution in [0, 0.1) is 0 Å². The van der Waals surface area contributed by atoms with E-state index in [0.717, 1.165) is 19.3 Å². The Balaban J connectivity index is 2.00. The van der Waals surface area contributed by atoms with E-state index in [1.54, 1.807) is 0 Å². The van der Waals surface area contributed by atoms with Gasteiger partial charge in [0.2, 0.25) is 0 Å². The fourth-order valence-electron chi connectivity index (χ4n) is 5.29. The van der Waals surface area contributed by atoms with Crippen molar-refractivity contribution in [3.8, 4) is 0 Å². The van der Waals surface area contributed by atoms with Crippen LogP contribution in [0.2, 0.25) is 0 Å². The Bertz CT molecular complexity index is 483. The van der Waals surface area contributed by atoms with Crippen LogP contribution in [0.25, 0.3) is 0 Å². The van der Waals surface area contributed by atoms with Crippen LogP contribution in [0.1, 0.15) is 181 Å². The maximum absolute atomic E-state index is 11.6. The molecule has 0 aromatic rings. The summed E-state index contributed by atoms with van der Waals surface area (Å²) in [4.78, 5) is 11.6. The van der Waals surface area contributed by atoms with E-state index in [2.05, 4.69) is 13.8 Å². The van der Waals surface area contributed by atoms with Crippen LogP contribution in [0.3, 0.4) is 0 Å². The van der Waals surface area contributed by atoms with Gasteiger partial charge in [0, 0.05) is 6.42 Å². The molecule has 0 saturated carbocycles. The van der Waals surface area contributed by atoms with E-state index in [1.165, 1.54) is 148 Å². The van der Waals surface area contributed by atoms with Crippen molar-refractivity contribution >= 4 is 5.78 Å². The number of Topliss-reactive ketones (excluding diaryl/α,β-unsaturated/α-hetero) is 1. The lowest BCUT2D eigenvalue weighted by Gasteiger charge is -2.36. The van der Waals surface area contributed by atoms with E-state index in [0.29, 0.717) is 6.61 Å². The van der Waals surface area contributed by atoms with Gasteiger partial charge in [0.05, 0.1) is 6.61 Å². The first-order valence-electron chi connectivity index (χ1n) is 16.7. The third kappa shape index (κ3) is 21.1. The lowest BCUT2D eigenvalue weighted by atomic mass is 10.0. The van der Waals surface area contributed by atoms with Gasteiger partial charge in [-0.05, 0) is 12.8 Å². The quantitative estimate of drug-likeness (QED) is 0.0955. The molecule has 1 aliphatic rings. The van der Waals surface area contributed by atoms with Crippen molar-refractivity contribution in [3.63, 3.8) is 0 Å². The van der Waals surface area contributed by atoms with Crippen molar-refractivity contribution in [2.24, 2.45) is 0 Å². The van der Waals surface area contributed by atoms with Gasteiger partial charge in [0.1, 0.15) is 13.2 Å². The van der Waals surface area contributed by atoms with Crippen LogP contribution in [0.5, 0.6) is 0 Å². The summed E-state index contributed by atoms with van der Waals surface area (Å²) in [5, 5.41) is 0. The molecular weight excluding hydrogens is 460 g/mol. The van der Waals surface area contributed by atoms with Crippen LogP contribution in [-0.2, 0) is 19.0 Å². The average Bonchev–Trinajstić information content (AvgIpc) is 2.91. The monoisotopic (exact) mass is 524 g/mol. The highest BCUT2D eigenvalue weighted by Crippen LogP contribution is 2.27. The van der Waals surface area contributed by atoms with E-state index in [-0.39, 0.29) is 19.0 Å². The molecule has 1 saturated heterocycles. The summed E-state index contributed by atoms with van der Waals surface area (Å²) >= 11 is 0. The number of hydrogen-bond donors (Lipinski definition) is 0. The number of ether oxygens (including phenoxy) is 3. The summed E-state index contributed by atoms with van der Waals surface area (Å²) in [6.45, 7) is 5.46. The predicted molar refractivity (Wildman–Crippen MR) is 157 cm³/mol. The lowest BCUT2D eigenvalue weighted by Crippen LogP contribution is -2.47. The number of hydrogen-bond acceptors (Lipinski definition) is 4. The van der Waals surface area contributed by atoms with Gasteiger partial charge < -0.3 is 14.2 Å². The van der Waals surface area contributed by atoms with Crippen molar-refractivity contribution in [3.05, 3.63) is 0 Å². The molecule has 4 heteroatoms. The maximum atomic E-state index is 11.6. The molecule has 0 atom stereocenters. The standard InChI is InChI=1S/C33H64O4/c1-3-5-7-9-11-13-15-16-17-19-21-23-25-27-29-35-33(36-30-32(34)31-37-33)28-26-24-22-20-18-14-12-10-8-6-4-2/h3-31H2,1-2H3. The highest BCUT2D eigenvalue weighted by Gasteiger charge is 2.37. The lowest BCUT2D eigenvalue weighted by molar-refractivity contribution is -0.389. The van der Waals surface area contributed by atoms with Crippen molar-refractivity contribution in [2.45, 2.75) is 187 Å². The molecule has 0 radical (unpaired) electrons. The van der Waals surface area contributed by atoms with Crippen LogP contribution >= 0.6 is 0 Å². The molecule has 1 heterocycles. The smallest absolute Gasteiger partial charge is 0.283 e. The fraction of sp³-hybridized carbons (Fsp3) is 0.970. The molecule has 0 unspecified atom stereocenters. The van der Waals surface area contributed by atoms with Gasteiger partial charge in [-0.1, -0.05) is 162 Å². The Hall–Kier alpha value is -0.450. The summed E-state index contributed by atoms with van der Waals surface area (Å²) in [5.41, 5.74) is 0. The zero-order chi connectivity index (χ0) is 26.7. The third-order valence-electron chi connectivity index (χ3n) is 7.81. The summed E-state index contributed by atoms with van der Waals surface area (Å²) in [7, 11) is 0. The van der Waals surface area contributed by atoms with E-state index in [9.17, 15) is 4.79 Å². The van der Waals surface area contributed by atoms with Crippen molar-refractivity contribution in [1.82, 2.24) is 0 Å². The summed E-state index contributed by atoms with van der Waals surface area (Å²) in [6.07, 6.45) is 34.1. The number of ketones is 1. The summed E-state index contributed by atoms with van der Waals surface area (Å²) < 4.78 is 17.7. The molecule has 0 bridgehead atoms. The maximum Gasteiger partial charge on any atom is 0.283 e. The number of carbonyl (C=O) groups is 1. The Morgan fingerprint density at radius 1 is 0.514 bits per heavy atom. The number of rotatable bonds is 28. The molecule has 1 rings (SSSR count). The number of carbonyl (C=O) groups excluding carboxylic acids is 1. The summed E-state index contributed by atoms with van der Waals surface area (Å²) in [6, 6.07) is 0. The van der Waals surface area contributed by atoms with Gasteiger partial charge in [-0.2, -0.15) is 0 Å². The molecule has 0 aromatic heterocycles. The van der Waals surface area contributed by atoms with Gasteiger partial charge >= 0.3 is 0 Å². The zero-order valence-corrected chi connectivity index (χ0v) is 25.1. The topological polar surface area (TPSA) is 44.8 Å². The van der Waals surface area contributed by atoms with E-state index in [4.69, 9.17) is 14.2 Å². The van der Waals surface area contributed by atoms with Crippen LogP contribution in [-0.4, -0.2) is 31.6 Å². The molecule has 220 valence electrons. The molecule has 1 aliphatic heterocycles. The molecule has 0 N–H and O–H groups in total. The summed E-state index contributed by atoms with van der Waals surface area (Å²) in [5.74, 6) is -0.973. The average molecular weight is 525 g/mol. The normalized spacial score (nSPS) is 15.5. The first-order valence-corrected chi connectivity index (χ1v) is 16.7. The molecule has 0 amide bonds. The van der Waals surface area contributed by atoms with Gasteiger partial charge in [0.15, 0.2) is 5.78 Å². The minimum Gasteiger partial charge on any atom is -0.327 e. The van der Waals surface area contributed by atoms with Gasteiger partial charge in [-0.15, -0.1) is 0 Å². The van der Waals surface area contributed by atoms with Crippen LogP contribution < -0.4 is 0 Å².